The summed E-state index contributed by atoms with van der Waals surface area (Å²) >= 11 is 0. The molecule has 0 fully saturated rings. The third-order valence-electron chi connectivity index (χ3n) is 2.18. The van der Waals surface area contributed by atoms with E-state index in [9.17, 15) is 4.79 Å². The van der Waals surface area contributed by atoms with Crippen LogP contribution in [-0.2, 0) is 18.3 Å². The lowest BCUT2D eigenvalue weighted by Crippen LogP contribution is -2.13. The summed E-state index contributed by atoms with van der Waals surface area (Å²) in [5.74, 6) is 0.339. The van der Waals surface area contributed by atoms with E-state index in [1.807, 2.05) is 19.4 Å². The Morgan fingerprint density at radius 1 is 1.47 bits per heavy atom. The number of nitrogens with zero attached hydrogens (tertiary/aromatic N) is 2. The van der Waals surface area contributed by atoms with E-state index in [0.717, 1.165) is 12.0 Å². The van der Waals surface area contributed by atoms with Crippen molar-refractivity contribution >= 4 is 5.78 Å². The van der Waals surface area contributed by atoms with E-state index in [0.29, 0.717) is 18.6 Å². The van der Waals surface area contributed by atoms with Gasteiger partial charge in [-0.05, 0) is 17.4 Å². The molecule has 1 rings (SSSR count). The number of Topliss-reactive ketones (excluding diaryl/α,β-unsaturated/α-hetero) is 1. The summed E-state index contributed by atoms with van der Waals surface area (Å²) in [5.41, 5.74) is 1.24. The summed E-state index contributed by atoms with van der Waals surface area (Å²) in [7, 11) is 1.89. The molecule has 3 nitrogen and oxygen atoms in total. The minimum atomic E-state index is 0.103. The first kappa shape index (κ1) is 12.0. The molecule has 1 aromatic heterocycles. The molecule has 0 saturated carbocycles. The van der Waals surface area contributed by atoms with E-state index < -0.39 is 0 Å². The van der Waals surface area contributed by atoms with Gasteiger partial charge in [-0.25, -0.2) is 0 Å². The van der Waals surface area contributed by atoms with Gasteiger partial charge in [0.2, 0.25) is 0 Å². The van der Waals surface area contributed by atoms with Crippen LogP contribution >= 0.6 is 0 Å². The average molecular weight is 208 g/mol. The fourth-order valence-electron chi connectivity index (χ4n) is 1.56. The van der Waals surface area contributed by atoms with Crippen LogP contribution in [0.25, 0.3) is 0 Å². The summed E-state index contributed by atoms with van der Waals surface area (Å²) < 4.78 is 1.77. The first-order chi connectivity index (χ1) is 6.87. The van der Waals surface area contributed by atoms with Gasteiger partial charge in [0.1, 0.15) is 5.78 Å². The molecule has 1 heterocycles. The van der Waals surface area contributed by atoms with Crippen molar-refractivity contribution in [3.8, 4) is 0 Å². The van der Waals surface area contributed by atoms with Crippen LogP contribution in [0.15, 0.2) is 12.4 Å². The maximum atomic E-state index is 11.6. The van der Waals surface area contributed by atoms with Crippen molar-refractivity contribution in [2.45, 2.75) is 40.0 Å². The van der Waals surface area contributed by atoms with Crippen LogP contribution in [0.1, 0.15) is 39.2 Å². The van der Waals surface area contributed by atoms with Gasteiger partial charge < -0.3 is 0 Å². The lowest BCUT2D eigenvalue weighted by Gasteiger charge is -2.16. The molecule has 0 aromatic carbocycles. The van der Waals surface area contributed by atoms with Crippen molar-refractivity contribution in [2.75, 3.05) is 0 Å². The largest absolute Gasteiger partial charge is 0.300 e. The topological polar surface area (TPSA) is 34.9 Å². The zero-order chi connectivity index (χ0) is 11.5. The second-order valence-corrected chi connectivity index (χ2v) is 5.30. The Kier molecular flexibility index (Phi) is 3.66. The molecular formula is C12H20N2O. The van der Waals surface area contributed by atoms with E-state index in [2.05, 4.69) is 25.9 Å². The molecule has 0 aliphatic rings. The van der Waals surface area contributed by atoms with Gasteiger partial charge in [-0.15, -0.1) is 0 Å². The molecule has 0 spiro atoms. The summed E-state index contributed by atoms with van der Waals surface area (Å²) in [6.45, 7) is 6.28. The molecule has 0 saturated heterocycles. The molecule has 0 amide bonds. The Hall–Kier alpha value is -1.12. The van der Waals surface area contributed by atoms with Crippen molar-refractivity contribution < 1.29 is 4.79 Å². The molecule has 0 N–H and O–H groups in total. The lowest BCUT2D eigenvalue weighted by atomic mass is 9.88. The third-order valence-corrected chi connectivity index (χ3v) is 2.18. The number of ketones is 1. The molecule has 84 valence electrons. The maximum absolute atomic E-state index is 11.6. The molecule has 15 heavy (non-hydrogen) atoms. The highest BCUT2D eigenvalue weighted by Gasteiger charge is 2.15. The summed E-state index contributed by atoms with van der Waals surface area (Å²) in [6.07, 6.45) is 5.88. The van der Waals surface area contributed by atoms with Crippen molar-refractivity contribution in [1.82, 2.24) is 9.78 Å². The van der Waals surface area contributed by atoms with Crippen LogP contribution in [0, 0.1) is 5.41 Å². The quantitative estimate of drug-likeness (QED) is 0.761. The van der Waals surface area contributed by atoms with Crippen molar-refractivity contribution in [2.24, 2.45) is 12.5 Å². The molecule has 0 bridgehead atoms. The van der Waals surface area contributed by atoms with E-state index in [1.54, 1.807) is 4.68 Å². The molecular weight excluding hydrogens is 188 g/mol. The Bertz CT molecular complexity index is 334. The summed E-state index contributed by atoms with van der Waals surface area (Å²) in [5, 5.41) is 4.07. The van der Waals surface area contributed by atoms with Crippen molar-refractivity contribution in [3.63, 3.8) is 0 Å². The molecule has 1 aromatic rings. The molecule has 0 unspecified atom stereocenters. The van der Waals surface area contributed by atoms with E-state index in [4.69, 9.17) is 0 Å². The van der Waals surface area contributed by atoms with Gasteiger partial charge in [0.25, 0.3) is 0 Å². The van der Waals surface area contributed by atoms with Gasteiger partial charge in [0.15, 0.2) is 0 Å². The Labute approximate surface area is 91.5 Å². The smallest absolute Gasteiger partial charge is 0.133 e. The maximum Gasteiger partial charge on any atom is 0.133 e. The van der Waals surface area contributed by atoms with Crippen LogP contribution in [-0.4, -0.2) is 15.6 Å². The van der Waals surface area contributed by atoms with Gasteiger partial charge in [-0.1, -0.05) is 20.8 Å². The zero-order valence-electron chi connectivity index (χ0n) is 10.1. The predicted octanol–water partition coefficient (Wildman–Crippen LogP) is 2.36. The highest BCUT2D eigenvalue weighted by molar-refractivity contribution is 5.79. The van der Waals surface area contributed by atoms with Crippen LogP contribution in [0.2, 0.25) is 0 Å². The lowest BCUT2D eigenvalue weighted by molar-refractivity contribution is -0.120. The second-order valence-electron chi connectivity index (χ2n) is 5.30. The van der Waals surface area contributed by atoms with Gasteiger partial charge in [0, 0.05) is 26.1 Å². The highest BCUT2D eigenvalue weighted by Crippen LogP contribution is 2.20. The highest BCUT2D eigenvalue weighted by atomic mass is 16.1. The number of carbonyl (C=O) groups is 1. The second kappa shape index (κ2) is 4.60. The monoisotopic (exact) mass is 208 g/mol. The van der Waals surface area contributed by atoms with Crippen LogP contribution in [0.3, 0.4) is 0 Å². The Balaban J connectivity index is 2.35. The fourth-order valence-corrected chi connectivity index (χ4v) is 1.56. The minimum absolute atomic E-state index is 0.103. The minimum Gasteiger partial charge on any atom is -0.300 e. The number of hydrogen-bond donors (Lipinski definition) is 0. The third kappa shape index (κ3) is 4.77. The molecule has 0 aliphatic heterocycles. The number of hydrogen-bond acceptors (Lipinski definition) is 2. The average Bonchev–Trinajstić information content (AvgIpc) is 2.45. The Morgan fingerprint density at radius 2 is 2.13 bits per heavy atom. The zero-order valence-corrected chi connectivity index (χ0v) is 10.1. The SMILES string of the molecule is Cn1cc(CCC(=O)CC(C)(C)C)cn1. The van der Waals surface area contributed by atoms with Gasteiger partial charge in [-0.3, -0.25) is 9.48 Å². The predicted molar refractivity (Wildman–Crippen MR) is 60.6 cm³/mol. The summed E-state index contributed by atoms with van der Waals surface area (Å²) in [6, 6.07) is 0. The fraction of sp³-hybridized carbons (Fsp3) is 0.667. The Morgan fingerprint density at radius 3 is 2.60 bits per heavy atom. The molecule has 3 heteroatoms. The number of aromatic nitrogens is 2. The number of aryl methyl sites for hydroxylation is 2. The van der Waals surface area contributed by atoms with Crippen LogP contribution in [0.4, 0.5) is 0 Å². The number of carbonyl (C=O) groups excluding carboxylic acids is 1. The van der Waals surface area contributed by atoms with E-state index in [1.165, 1.54) is 0 Å². The first-order valence-electron chi connectivity index (χ1n) is 5.36. The molecule has 0 radical (unpaired) electrons. The van der Waals surface area contributed by atoms with Crippen molar-refractivity contribution in [1.29, 1.82) is 0 Å². The van der Waals surface area contributed by atoms with Crippen LogP contribution < -0.4 is 0 Å². The standard InChI is InChI=1S/C12H20N2O/c1-12(2,3)7-11(15)6-5-10-8-13-14(4)9-10/h8-9H,5-7H2,1-4H3. The number of rotatable bonds is 4. The first-order valence-corrected chi connectivity index (χ1v) is 5.36. The summed E-state index contributed by atoms with van der Waals surface area (Å²) in [4.78, 5) is 11.6. The van der Waals surface area contributed by atoms with Gasteiger partial charge in [0.05, 0.1) is 6.20 Å². The van der Waals surface area contributed by atoms with Gasteiger partial charge >= 0.3 is 0 Å². The molecule has 0 atom stereocenters. The van der Waals surface area contributed by atoms with Crippen molar-refractivity contribution in [3.05, 3.63) is 18.0 Å². The van der Waals surface area contributed by atoms with E-state index >= 15 is 0 Å². The normalized spacial score (nSPS) is 11.7. The van der Waals surface area contributed by atoms with Gasteiger partial charge in [-0.2, -0.15) is 5.10 Å². The molecule has 0 aliphatic carbocycles. The van der Waals surface area contributed by atoms with Crippen LogP contribution in [0.5, 0.6) is 0 Å². The van der Waals surface area contributed by atoms with E-state index in [-0.39, 0.29) is 5.41 Å².